The summed E-state index contributed by atoms with van der Waals surface area (Å²) in [5.41, 5.74) is 1.73. The molecule has 1 amide bonds. The summed E-state index contributed by atoms with van der Waals surface area (Å²) in [5.74, 6) is -1.25. The Bertz CT molecular complexity index is 1220. The van der Waals surface area contributed by atoms with Gasteiger partial charge in [-0.25, -0.2) is 12.8 Å². The van der Waals surface area contributed by atoms with Gasteiger partial charge in [-0.2, -0.15) is 4.72 Å². The number of halogens is 1. The third kappa shape index (κ3) is 5.70. The number of ether oxygens (including phenoxy) is 1. The number of amides is 1. The zero-order chi connectivity index (χ0) is 24.1. The zero-order valence-electron chi connectivity index (χ0n) is 18.8. The van der Waals surface area contributed by atoms with Gasteiger partial charge in [-0.05, 0) is 36.6 Å². The lowest BCUT2D eigenvalue weighted by atomic mass is 10.0. The van der Waals surface area contributed by atoms with Gasteiger partial charge in [0.15, 0.2) is 0 Å². The van der Waals surface area contributed by atoms with E-state index in [0.29, 0.717) is 13.1 Å². The van der Waals surface area contributed by atoms with Crippen molar-refractivity contribution >= 4 is 15.9 Å². The monoisotopic (exact) mass is 482 g/mol. The fourth-order valence-electron chi connectivity index (χ4n) is 4.15. The van der Waals surface area contributed by atoms with Crippen LogP contribution in [0.4, 0.5) is 4.39 Å². The summed E-state index contributed by atoms with van der Waals surface area (Å²) in [7, 11) is -4.28. The Morgan fingerprint density at radius 3 is 2.29 bits per heavy atom. The van der Waals surface area contributed by atoms with E-state index in [-0.39, 0.29) is 24.5 Å². The first kappa shape index (κ1) is 24.1. The van der Waals surface area contributed by atoms with Gasteiger partial charge in [0.25, 0.3) is 0 Å². The second-order valence-electron chi connectivity index (χ2n) is 8.38. The molecule has 1 aliphatic rings. The Balaban J connectivity index is 1.61. The molecule has 0 saturated carbocycles. The number of carbonyl (C=O) groups is 1. The van der Waals surface area contributed by atoms with Crippen molar-refractivity contribution in [2.75, 3.05) is 13.1 Å². The highest BCUT2D eigenvalue weighted by Crippen LogP contribution is 2.26. The van der Waals surface area contributed by atoms with E-state index in [0.717, 1.165) is 17.2 Å². The van der Waals surface area contributed by atoms with Gasteiger partial charge in [0, 0.05) is 6.54 Å². The number of nitrogens with zero attached hydrogens (tertiary/aromatic N) is 1. The van der Waals surface area contributed by atoms with E-state index in [1.54, 1.807) is 4.90 Å². The van der Waals surface area contributed by atoms with E-state index >= 15 is 0 Å². The molecule has 3 aromatic carbocycles. The minimum absolute atomic E-state index is 0.134. The first-order valence-corrected chi connectivity index (χ1v) is 12.6. The lowest BCUT2D eigenvalue weighted by Crippen LogP contribution is -2.54. The first-order valence-electron chi connectivity index (χ1n) is 11.1. The molecule has 0 aliphatic carbocycles. The summed E-state index contributed by atoms with van der Waals surface area (Å²) in [6.45, 7) is 2.50. The average molecular weight is 483 g/mol. The van der Waals surface area contributed by atoms with Gasteiger partial charge in [0.05, 0.1) is 12.6 Å². The summed E-state index contributed by atoms with van der Waals surface area (Å²) < 4.78 is 48.9. The molecule has 6 nitrogen and oxygen atoms in total. The van der Waals surface area contributed by atoms with Crippen molar-refractivity contribution in [1.82, 2.24) is 9.62 Å². The molecule has 8 heteroatoms. The van der Waals surface area contributed by atoms with Crippen molar-refractivity contribution in [2.45, 2.75) is 36.5 Å². The topological polar surface area (TPSA) is 75.7 Å². The molecule has 3 aromatic rings. The SMILES string of the molecule is CC1CN(C(=O)[C@H](Cc2ccccc2)NS(=O)(=O)c2ccccc2F)CC(c2ccccc2)O1. The largest absolute Gasteiger partial charge is 0.367 e. The molecular formula is C26H27FN2O4S. The lowest BCUT2D eigenvalue weighted by molar-refractivity contribution is -0.146. The summed E-state index contributed by atoms with van der Waals surface area (Å²) >= 11 is 0. The second-order valence-corrected chi connectivity index (χ2v) is 10.1. The van der Waals surface area contributed by atoms with E-state index in [1.807, 2.05) is 67.6 Å². The highest BCUT2D eigenvalue weighted by Gasteiger charge is 2.35. The molecule has 4 rings (SSSR count). The molecular weight excluding hydrogens is 455 g/mol. The number of rotatable bonds is 7. The van der Waals surface area contributed by atoms with Crippen LogP contribution in [0, 0.1) is 5.82 Å². The van der Waals surface area contributed by atoms with Gasteiger partial charge in [0.1, 0.15) is 22.9 Å². The highest BCUT2D eigenvalue weighted by atomic mass is 32.2. The molecule has 2 unspecified atom stereocenters. The Morgan fingerprint density at radius 1 is 1.00 bits per heavy atom. The third-order valence-corrected chi connectivity index (χ3v) is 7.25. The van der Waals surface area contributed by atoms with E-state index in [9.17, 15) is 17.6 Å². The van der Waals surface area contributed by atoms with Gasteiger partial charge in [-0.15, -0.1) is 0 Å². The number of nitrogens with one attached hydrogen (secondary N) is 1. The van der Waals surface area contributed by atoms with Crippen LogP contribution in [0.25, 0.3) is 0 Å². The Morgan fingerprint density at radius 2 is 1.62 bits per heavy atom. The van der Waals surface area contributed by atoms with Crippen LogP contribution < -0.4 is 4.72 Å². The molecule has 1 aliphatic heterocycles. The molecule has 34 heavy (non-hydrogen) atoms. The quantitative estimate of drug-likeness (QED) is 0.557. The number of morpholine rings is 1. The molecule has 0 radical (unpaired) electrons. The third-order valence-electron chi connectivity index (χ3n) is 5.75. The number of carbonyl (C=O) groups excluding carboxylic acids is 1. The van der Waals surface area contributed by atoms with Crippen molar-refractivity contribution < 1.29 is 22.3 Å². The number of hydrogen-bond donors (Lipinski definition) is 1. The van der Waals surface area contributed by atoms with Crippen LogP contribution in [0.1, 0.15) is 24.2 Å². The average Bonchev–Trinajstić information content (AvgIpc) is 2.84. The first-order chi connectivity index (χ1) is 16.3. The van der Waals surface area contributed by atoms with Gasteiger partial charge >= 0.3 is 0 Å². The van der Waals surface area contributed by atoms with Crippen LogP contribution in [-0.2, 0) is 26.0 Å². The lowest BCUT2D eigenvalue weighted by Gasteiger charge is -2.38. The van der Waals surface area contributed by atoms with Crippen molar-refractivity contribution in [3.05, 3.63) is 102 Å². The fraction of sp³-hybridized carbons (Fsp3) is 0.269. The Kier molecular flexibility index (Phi) is 7.41. The van der Waals surface area contributed by atoms with E-state index < -0.39 is 26.8 Å². The number of sulfonamides is 1. The predicted molar refractivity (Wildman–Crippen MR) is 127 cm³/mol. The summed E-state index contributed by atoms with van der Waals surface area (Å²) in [4.78, 5) is 14.8. The second kappa shape index (κ2) is 10.5. The van der Waals surface area contributed by atoms with Gasteiger partial charge < -0.3 is 9.64 Å². The van der Waals surface area contributed by atoms with Crippen molar-refractivity contribution in [1.29, 1.82) is 0 Å². The van der Waals surface area contributed by atoms with Crippen LogP contribution >= 0.6 is 0 Å². The predicted octanol–water partition coefficient (Wildman–Crippen LogP) is 3.70. The van der Waals surface area contributed by atoms with Gasteiger partial charge in [0.2, 0.25) is 15.9 Å². The standard InChI is InChI=1S/C26H27FN2O4S/c1-19-17-29(18-24(33-19)21-12-6-3-7-13-21)26(30)23(16-20-10-4-2-5-11-20)28-34(31,32)25-15-9-8-14-22(25)27/h2-15,19,23-24,28H,16-18H2,1H3/t19?,23-,24?/m0/s1. The van der Waals surface area contributed by atoms with Crippen LogP contribution in [-0.4, -0.2) is 44.5 Å². The summed E-state index contributed by atoms with van der Waals surface area (Å²) in [6, 6.07) is 22.8. The van der Waals surface area contributed by atoms with Crippen molar-refractivity contribution in [3.63, 3.8) is 0 Å². The van der Waals surface area contributed by atoms with E-state index in [2.05, 4.69) is 4.72 Å². The maximum Gasteiger partial charge on any atom is 0.244 e. The highest BCUT2D eigenvalue weighted by molar-refractivity contribution is 7.89. The molecule has 1 heterocycles. The summed E-state index contributed by atoms with van der Waals surface area (Å²) in [5, 5.41) is 0. The molecule has 0 bridgehead atoms. The Labute approximate surface area is 199 Å². The van der Waals surface area contributed by atoms with E-state index in [4.69, 9.17) is 4.74 Å². The van der Waals surface area contributed by atoms with Crippen LogP contribution in [0.2, 0.25) is 0 Å². The minimum Gasteiger partial charge on any atom is -0.367 e. The van der Waals surface area contributed by atoms with Crippen LogP contribution in [0.3, 0.4) is 0 Å². The smallest absolute Gasteiger partial charge is 0.244 e. The fourth-order valence-corrected chi connectivity index (χ4v) is 5.41. The van der Waals surface area contributed by atoms with Crippen LogP contribution in [0.15, 0.2) is 89.8 Å². The van der Waals surface area contributed by atoms with Gasteiger partial charge in [-0.1, -0.05) is 72.8 Å². The minimum atomic E-state index is -4.28. The summed E-state index contributed by atoms with van der Waals surface area (Å²) in [6.07, 6.45) is -0.423. The Hall–Kier alpha value is -3.07. The van der Waals surface area contributed by atoms with Crippen LogP contribution in [0.5, 0.6) is 0 Å². The molecule has 1 N–H and O–H groups in total. The maximum absolute atomic E-state index is 14.3. The van der Waals surface area contributed by atoms with Crippen molar-refractivity contribution in [2.24, 2.45) is 0 Å². The molecule has 3 atom stereocenters. The number of hydrogen-bond acceptors (Lipinski definition) is 4. The van der Waals surface area contributed by atoms with E-state index in [1.165, 1.54) is 18.2 Å². The molecule has 0 aromatic heterocycles. The molecule has 178 valence electrons. The molecule has 1 saturated heterocycles. The zero-order valence-corrected chi connectivity index (χ0v) is 19.6. The normalized spacial score (nSPS) is 19.5. The molecule has 0 spiro atoms. The number of benzene rings is 3. The maximum atomic E-state index is 14.3. The van der Waals surface area contributed by atoms with Gasteiger partial charge in [-0.3, -0.25) is 4.79 Å². The molecule has 1 fully saturated rings. The van der Waals surface area contributed by atoms with Crippen molar-refractivity contribution in [3.8, 4) is 0 Å².